The van der Waals surface area contributed by atoms with Crippen LogP contribution in [0.2, 0.25) is 0 Å². The van der Waals surface area contributed by atoms with Crippen LogP contribution in [-0.4, -0.2) is 47.3 Å². The Kier molecular flexibility index (Phi) is 5.88. The van der Waals surface area contributed by atoms with Crippen LogP contribution < -0.4 is 10.2 Å². The Morgan fingerprint density at radius 3 is 2.42 bits per heavy atom. The maximum absolute atomic E-state index is 13.7. The van der Waals surface area contributed by atoms with Gasteiger partial charge in [0.2, 0.25) is 11.7 Å². The fourth-order valence-electron chi connectivity index (χ4n) is 3.45. The van der Waals surface area contributed by atoms with Gasteiger partial charge in [0.25, 0.3) is 0 Å². The topological polar surface area (TPSA) is 74.5 Å². The number of hydrogen-bond donors (Lipinski definition) is 1. The van der Waals surface area contributed by atoms with Crippen molar-refractivity contribution in [2.24, 2.45) is 0 Å². The van der Waals surface area contributed by atoms with Crippen LogP contribution in [0.1, 0.15) is 31.2 Å². The summed E-state index contributed by atoms with van der Waals surface area (Å²) in [5.41, 5.74) is 3.00. The summed E-state index contributed by atoms with van der Waals surface area (Å²) >= 11 is 0. The fraction of sp³-hybridized carbons (Fsp3) is 0.348. The first kappa shape index (κ1) is 20.8. The van der Waals surface area contributed by atoms with E-state index in [9.17, 15) is 9.18 Å². The molecule has 2 heterocycles. The van der Waals surface area contributed by atoms with Gasteiger partial charge in [0.15, 0.2) is 0 Å². The third kappa shape index (κ3) is 4.68. The van der Waals surface area contributed by atoms with Gasteiger partial charge in [-0.1, -0.05) is 25.1 Å². The summed E-state index contributed by atoms with van der Waals surface area (Å²) in [5.74, 6) is 1.08. The molecule has 0 unspecified atom stereocenters. The van der Waals surface area contributed by atoms with E-state index < -0.39 is 0 Å². The summed E-state index contributed by atoms with van der Waals surface area (Å²) in [6.07, 6.45) is 0. The molecule has 0 aliphatic carbocycles. The number of carbonyl (C=O) groups excluding carboxylic acids is 1. The smallest absolute Gasteiger partial charge is 0.321 e. The van der Waals surface area contributed by atoms with Crippen LogP contribution in [0.4, 0.5) is 20.6 Å². The third-order valence-corrected chi connectivity index (χ3v) is 5.42. The van der Waals surface area contributed by atoms with Crippen molar-refractivity contribution in [1.29, 1.82) is 0 Å². The van der Waals surface area contributed by atoms with Crippen molar-refractivity contribution in [3.8, 4) is 11.4 Å². The Bertz CT molecular complexity index is 1060. The highest BCUT2D eigenvalue weighted by atomic mass is 19.1. The molecule has 0 atom stereocenters. The molecule has 1 N–H and O–H groups in total. The number of aryl methyl sites for hydroxylation is 1. The SMILES string of the molecule is Cc1ccc(NC(=O)N2CCN(c3ccc(-c4noc(C(C)C)n4)cc3)CC2)cc1F. The summed E-state index contributed by atoms with van der Waals surface area (Å²) in [6, 6.07) is 12.5. The van der Waals surface area contributed by atoms with Crippen molar-refractivity contribution < 1.29 is 13.7 Å². The Hall–Kier alpha value is -3.42. The highest BCUT2D eigenvalue weighted by molar-refractivity contribution is 5.89. The van der Waals surface area contributed by atoms with E-state index in [2.05, 4.69) is 20.4 Å². The van der Waals surface area contributed by atoms with Gasteiger partial charge in [-0.2, -0.15) is 4.98 Å². The number of hydrogen-bond acceptors (Lipinski definition) is 5. The molecule has 1 fully saturated rings. The molecule has 7 nitrogen and oxygen atoms in total. The van der Waals surface area contributed by atoms with E-state index in [1.54, 1.807) is 24.0 Å². The first-order valence-corrected chi connectivity index (χ1v) is 10.4. The van der Waals surface area contributed by atoms with Crippen molar-refractivity contribution in [2.45, 2.75) is 26.7 Å². The van der Waals surface area contributed by atoms with Crippen LogP contribution >= 0.6 is 0 Å². The monoisotopic (exact) mass is 423 g/mol. The Morgan fingerprint density at radius 2 is 1.81 bits per heavy atom. The maximum atomic E-state index is 13.7. The summed E-state index contributed by atoms with van der Waals surface area (Å²) in [7, 11) is 0. The van der Waals surface area contributed by atoms with Crippen LogP contribution in [0, 0.1) is 12.7 Å². The number of piperazine rings is 1. The lowest BCUT2D eigenvalue weighted by Crippen LogP contribution is -2.50. The van der Waals surface area contributed by atoms with Crippen molar-refractivity contribution in [3.05, 3.63) is 59.7 Å². The van der Waals surface area contributed by atoms with E-state index in [0.717, 1.165) is 11.3 Å². The number of rotatable bonds is 4. The first-order chi connectivity index (χ1) is 14.9. The van der Waals surface area contributed by atoms with E-state index in [1.165, 1.54) is 6.07 Å². The molecule has 8 heteroatoms. The zero-order valence-electron chi connectivity index (χ0n) is 17.9. The molecular formula is C23H26FN5O2. The Morgan fingerprint density at radius 1 is 1.10 bits per heavy atom. The summed E-state index contributed by atoms with van der Waals surface area (Å²) in [4.78, 5) is 20.9. The van der Waals surface area contributed by atoms with Gasteiger partial charge >= 0.3 is 6.03 Å². The Labute approximate surface area is 180 Å². The molecule has 0 saturated carbocycles. The molecule has 0 bridgehead atoms. The lowest BCUT2D eigenvalue weighted by atomic mass is 10.1. The van der Waals surface area contributed by atoms with Crippen molar-refractivity contribution >= 4 is 17.4 Å². The number of urea groups is 1. The molecule has 4 rings (SSSR count). The molecule has 0 spiro atoms. The first-order valence-electron chi connectivity index (χ1n) is 10.4. The summed E-state index contributed by atoms with van der Waals surface area (Å²) < 4.78 is 19.0. The Balaban J connectivity index is 1.33. The highest BCUT2D eigenvalue weighted by Crippen LogP contribution is 2.24. The second-order valence-corrected chi connectivity index (χ2v) is 8.03. The van der Waals surface area contributed by atoms with E-state index in [0.29, 0.717) is 49.1 Å². The second-order valence-electron chi connectivity index (χ2n) is 8.03. The minimum atomic E-state index is -0.327. The predicted octanol–water partition coefficient (Wildman–Crippen LogP) is 4.66. The zero-order valence-corrected chi connectivity index (χ0v) is 17.9. The van der Waals surface area contributed by atoms with Crippen molar-refractivity contribution in [1.82, 2.24) is 15.0 Å². The normalized spacial score (nSPS) is 14.2. The lowest BCUT2D eigenvalue weighted by molar-refractivity contribution is 0.208. The molecule has 0 radical (unpaired) electrons. The molecule has 2 aromatic carbocycles. The maximum Gasteiger partial charge on any atom is 0.321 e. The molecule has 31 heavy (non-hydrogen) atoms. The average molecular weight is 423 g/mol. The molecule has 2 amide bonds. The molecule has 3 aromatic rings. The van der Waals surface area contributed by atoms with Gasteiger partial charge in [-0.3, -0.25) is 0 Å². The second kappa shape index (κ2) is 8.75. The standard InChI is InChI=1S/C23H26FN5O2/c1-15(2)22-26-21(27-31-22)17-5-8-19(9-6-17)28-10-12-29(13-11-28)23(30)25-18-7-4-16(3)20(24)14-18/h4-9,14-15H,10-13H2,1-3H3,(H,25,30). The minimum Gasteiger partial charge on any atom is -0.368 e. The van der Waals surface area contributed by atoms with Crippen LogP contribution in [0.15, 0.2) is 47.0 Å². The number of anilines is 2. The molecule has 1 aliphatic rings. The zero-order chi connectivity index (χ0) is 22.0. The number of nitrogens with zero attached hydrogens (tertiary/aromatic N) is 4. The summed E-state index contributed by atoms with van der Waals surface area (Å²) in [6.45, 7) is 8.33. The van der Waals surface area contributed by atoms with Crippen molar-refractivity contribution in [2.75, 3.05) is 36.4 Å². The summed E-state index contributed by atoms with van der Waals surface area (Å²) in [5, 5.41) is 6.82. The van der Waals surface area contributed by atoms with Gasteiger partial charge in [-0.25, -0.2) is 9.18 Å². The van der Waals surface area contributed by atoms with Crippen molar-refractivity contribution in [3.63, 3.8) is 0 Å². The van der Waals surface area contributed by atoms with Crippen LogP contribution in [0.5, 0.6) is 0 Å². The molecule has 1 saturated heterocycles. The fourth-order valence-corrected chi connectivity index (χ4v) is 3.45. The van der Waals surface area contributed by atoms with Gasteiger partial charge < -0.3 is 19.6 Å². The van der Waals surface area contributed by atoms with Crippen LogP contribution in [0.25, 0.3) is 11.4 Å². The quantitative estimate of drug-likeness (QED) is 0.661. The third-order valence-electron chi connectivity index (χ3n) is 5.42. The minimum absolute atomic E-state index is 0.194. The number of amides is 2. The largest absolute Gasteiger partial charge is 0.368 e. The van der Waals surface area contributed by atoms with Gasteiger partial charge in [0.1, 0.15) is 5.82 Å². The predicted molar refractivity (Wildman–Crippen MR) is 118 cm³/mol. The average Bonchev–Trinajstić information content (AvgIpc) is 3.27. The van der Waals surface area contributed by atoms with Gasteiger partial charge in [0.05, 0.1) is 0 Å². The van der Waals surface area contributed by atoms with Gasteiger partial charge in [-0.15, -0.1) is 0 Å². The molecule has 1 aromatic heterocycles. The van der Waals surface area contributed by atoms with E-state index in [4.69, 9.17) is 4.52 Å². The lowest BCUT2D eigenvalue weighted by Gasteiger charge is -2.36. The van der Waals surface area contributed by atoms with E-state index >= 15 is 0 Å². The van der Waals surface area contributed by atoms with Crippen LogP contribution in [0.3, 0.4) is 0 Å². The molecule has 1 aliphatic heterocycles. The highest BCUT2D eigenvalue weighted by Gasteiger charge is 2.22. The van der Waals surface area contributed by atoms with E-state index in [1.807, 2.05) is 38.1 Å². The number of nitrogens with one attached hydrogen (secondary N) is 1. The van der Waals surface area contributed by atoms with Gasteiger partial charge in [-0.05, 0) is 48.9 Å². The van der Waals surface area contributed by atoms with E-state index in [-0.39, 0.29) is 17.8 Å². The number of aromatic nitrogens is 2. The molecule has 162 valence electrons. The number of benzene rings is 2. The van der Waals surface area contributed by atoms with Crippen LogP contribution in [-0.2, 0) is 0 Å². The number of halogens is 1. The van der Waals surface area contributed by atoms with Gasteiger partial charge in [0, 0.05) is 49.0 Å². The number of carbonyl (C=O) groups is 1. The molecular weight excluding hydrogens is 397 g/mol.